The molecule has 11 heteroatoms. The Balaban J connectivity index is 1.26. The van der Waals surface area contributed by atoms with Crippen molar-refractivity contribution in [2.45, 2.75) is 31.1 Å². The van der Waals surface area contributed by atoms with Crippen LogP contribution in [-0.2, 0) is 33.9 Å². The van der Waals surface area contributed by atoms with Crippen molar-refractivity contribution in [1.82, 2.24) is 15.1 Å². The third kappa shape index (κ3) is 5.46. The molecular formula is C24H26N6O3S2. The molecule has 2 aliphatic rings. The molecule has 182 valence electrons. The van der Waals surface area contributed by atoms with E-state index in [4.69, 9.17) is 0 Å². The summed E-state index contributed by atoms with van der Waals surface area (Å²) in [5, 5.41) is 7.42. The fourth-order valence-electron chi connectivity index (χ4n) is 3.96. The highest BCUT2D eigenvalue weighted by molar-refractivity contribution is 7.90. The highest BCUT2D eigenvalue weighted by Crippen LogP contribution is 2.28. The lowest BCUT2D eigenvalue weighted by atomic mass is 10.0. The van der Waals surface area contributed by atoms with E-state index in [2.05, 4.69) is 50.0 Å². The van der Waals surface area contributed by atoms with Gasteiger partial charge in [-0.05, 0) is 48.2 Å². The Morgan fingerprint density at radius 2 is 1.77 bits per heavy atom. The summed E-state index contributed by atoms with van der Waals surface area (Å²) in [6.45, 7) is 3.26. The molecule has 1 saturated heterocycles. The number of amides is 1. The van der Waals surface area contributed by atoms with Gasteiger partial charge in [-0.15, -0.1) is 11.3 Å². The van der Waals surface area contributed by atoms with Gasteiger partial charge in [0.25, 0.3) is 5.96 Å². The molecule has 0 unspecified atom stereocenters. The number of carbonyl (C=O) groups is 1. The second-order valence-electron chi connectivity index (χ2n) is 8.59. The lowest BCUT2D eigenvalue weighted by Crippen LogP contribution is -2.17. The van der Waals surface area contributed by atoms with Gasteiger partial charge in [0.05, 0.1) is 29.4 Å². The largest absolute Gasteiger partial charge is 0.302 e. The van der Waals surface area contributed by atoms with E-state index in [1.165, 1.54) is 30.1 Å². The minimum atomic E-state index is -3.23. The van der Waals surface area contributed by atoms with E-state index in [1.54, 1.807) is 12.1 Å². The molecule has 1 amide bonds. The van der Waals surface area contributed by atoms with Crippen LogP contribution in [0.2, 0.25) is 0 Å². The Morgan fingerprint density at radius 1 is 1.06 bits per heavy atom. The number of hydrogen-bond donors (Lipinski definition) is 2. The molecule has 0 atom stereocenters. The number of aliphatic imine (C=N–C) groups is 1. The Bertz CT molecular complexity index is 1380. The van der Waals surface area contributed by atoms with Crippen molar-refractivity contribution in [2.75, 3.05) is 30.1 Å². The number of fused-ring (bicyclic) bond motifs is 1. The van der Waals surface area contributed by atoms with Gasteiger partial charge in [-0.3, -0.25) is 10.2 Å². The number of hydrazine groups is 2. The number of nitrogens with one attached hydrogen (secondary N) is 2. The predicted molar refractivity (Wildman–Crippen MR) is 137 cm³/mol. The molecule has 9 nitrogen and oxygen atoms in total. The standard InChI is InChI=1S/C24H26N6O3S2/c1-16(31)26-23-27-21(22(34-23)15-18-5-10-20(11-6-18)35(2,32)33)12-7-17-3-8-19(9-4-17)28-30-24-25-13-14-29(24)30/h3-6,8-11,28H,7,12-15H2,1-2H3,(H,26,27,31). The van der Waals surface area contributed by atoms with Gasteiger partial charge >= 0.3 is 0 Å². The van der Waals surface area contributed by atoms with E-state index in [-0.39, 0.29) is 5.91 Å². The molecular weight excluding hydrogens is 484 g/mol. The number of anilines is 2. The van der Waals surface area contributed by atoms with Gasteiger partial charge in [-0.1, -0.05) is 24.3 Å². The van der Waals surface area contributed by atoms with Crippen LogP contribution in [-0.4, -0.2) is 54.7 Å². The Morgan fingerprint density at radius 3 is 2.40 bits per heavy atom. The van der Waals surface area contributed by atoms with Gasteiger partial charge in [0.15, 0.2) is 15.0 Å². The van der Waals surface area contributed by atoms with Crippen molar-refractivity contribution in [2.24, 2.45) is 4.99 Å². The first-order valence-corrected chi connectivity index (χ1v) is 14.0. The molecule has 1 aromatic heterocycles. The highest BCUT2D eigenvalue weighted by atomic mass is 32.2. The number of nitrogens with zero attached hydrogens (tertiary/aromatic N) is 4. The quantitative estimate of drug-likeness (QED) is 0.426. The Kier molecular flexibility index (Phi) is 6.20. The third-order valence-electron chi connectivity index (χ3n) is 5.80. The van der Waals surface area contributed by atoms with Gasteiger partial charge in [-0.25, -0.2) is 23.4 Å². The van der Waals surface area contributed by atoms with Crippen LogP contribution < -0.4 is 10.7 Å². The van der Waals surface area contributed by atoms with Crippen molar-refractivity contribution in [3.8, 4) is 0 Å². The Labute approximate surface area is 208 Å². The first-order chi connectivity index (χ1) is 16.8. The molecule has 0 radical (unpaired) electrons. The van der Waals surface area contributed by atoms with Gasteiger partial charge in [0, 0.05) is 24.5 Å². The van der Waals surface area contributed by atoms with Crippen molar-refractivity contribution in [1.29, 1.82) is 0 Å². The Hall–Kier alpha value is -3.44. The normalized spacial score (nSPS) is 14.5. The maximum absolute atomic E-state index is 11.7. The molecule has 1 fully saturated rings. The monoisotopic (exact) mass is 510 g/mol. The number of aromatic nitrogens is 1. The van der Waals surface area contributed by atoms with Crippen molar-refractivity contribution < 1.29 is 13.2 Å². The molecule has 3 aromatic rings. The van der Waals surface area contributed by atoms with Gasteiger partial charge in [0.1, 0.15) is 0 Å². The van der Waals surface area contributed by atoms with Gasteiger partial charge < -0.3 is 5.32 Å². The fourth-order valence-corrected chi connectivity index (χ4v) is 5.68. The molecule has 0 aliphatic carbocycles. The number of thiazole rings is 1. The number of sulfone groups is 1. The molecule has 0 saturated carbocycles. The third-order valence-corrected chi connectivity index (χ3v) is 7.95. The molecule has 0 bridgehead atoms. The predicted octanol–water partition coefficient (Wildman–Crippen LogP) is 3.11. The van der Waals surface area contributed by atoms with Crippen LogP contribution in [0.1, 0.15) is 28.6 Å². The zero-order valence-corrected chi connectivity index (χ0v) is 21.1. The maximum atomic E-state index is 11.7. The van der Waals surface area contributed by atoms with Crippen molar-refractivity contribution in [3.63, 3.8) is 0 Å². The van der Waals surface area contributed by atoms with Crippen LogP contribution in [0.5, 0.6) is 0 Å². The first kappa shape index (κ1) is 23.3. The zero-order valence-electron chi connectivity index (χ0n) is 19.5. The maximum Gasteiger partial charge on any atom is 0.257 e. The van der Waals surface area contributed by atoms with E-state index < -0.39 is 9.84 Å². The second kappa shape index (κ2) is 9.31. The highest BCUT2D eigenvalue weighted by Gasteiger charge is 2.43. The number of aryl methyl sites for hydroxylation is 2. The van der Waals surface area contributed by atoms with E-state index in [0.29, 0.717) is 16.4 Å². The topological polar surface area (TPSA) is 107 Å². The van der Waals surface area contributed by atoms with Crippen molar-refractivity contribution in [3.05, 3.63) is 70.2 Å². The van der Waals surface area contributed by atoms with Crippen LogP contribution in [0, 0.1) is 0 Å². The summed E-state index contributed by atoms with van der Waals surface area (Å²) in [7, 11) is -3.23. The second-order valence-corrected chi connectivity index (χ2v) is 11.7. The molecule has 3 heterocycles. The molecule has 5 rings (SSSR count). The van der Waals surface area contributed by atoms with Crippen LogP contribution >= 0.6 is 11.3 Å². The first-order valence-electron chi connectivity index (χ1n) is 11.3. The summed E-state index contributed by atoms with van der Waals surface area (Å²) in [5.41, 5.74) is 7.46. The molecule has 2 aliphatic heterocycles. The number of rotatable bonds is 9. The van der Waals surface area contributed by atoms with E-state index >= 15 is 0 Å². The molecule has 0 spiro atoms. The van der Waals surface area contributed by atoms with Crippen molar-refractivity contribution >= 4 is 43.9 Å². The van der Waals surface area contributed by atoms with E-state index in [0.717, 1.165) is 53.7 Å². The van der Waals surface area contributed by atoms with Crippen LogP contribution in [0.4, 0.5) is 10.8 Å². The summed E-state index contributed by atoms with van der Waals surface area (Å²) >= 11 is 1.46. The average molecular weight is 511 g/mol. The average Bonchev–Trinajstić information content (AvgIpc) is 3.13. The molecule has 2 N–H and O–H groups in total. The van der Waals surface area contributed by atoms with Crippen LogP contribution in [0.3, 0.4) is 0 Å². The summed E-state index contributed by atoms with van der Waals surface area (Å²) in [5.74, 6) is 0.835. The lowest BCUT2D eigenvalue weighted by Gasteiger charge is -2.09. The SMILES string of the molecule is CC(=O)Nc1nc(CCc2ccc(NN3C4=NCCN43)cc2)c(Cc2ccc(S(C)(=O)=O)cc2)s1. The summed E-state index contributed by atoms with van der Waals surface area (Å²) < 4.78 is 23.5. The number of benzene rings is 2. The molecule has 35 heavy (non-hydrogen) atoms. The van der Waals surface area contributed by atoms with Gasteiger partial charge in [-0.2, -0.15) is 5.12 Å². The van der Waals surface area contributed by atoms with Crippen LogP contribution in [0.25, 0.3) is 0 Å². The van der Waals surface area contributed by atoms with E-state index in [1.807, 2.05) is 17.3 Å². The smallest absolute Gasteiger partial charge is 0.257 e. The van der Waals surface area contributed by atoms with E-state index in [9.17, 15) is 13.2 Å². The molecule has 2 aromatic carbocycles. The number of guanidine groups is 1. The summed E-state index contributed by atoms with van der Waals surface area (Å²) in [6, 6.07) is 15.2. The summed E-state index contributed by atoms with van der Waals surface area (Å²) in [6.07, 6.45) is 3.37. The number of hydrogen-bond acceptors (Lipinski definition) is 9. The number of carbonyl (C=O) groups excluding carboxylic acids is 1. The fraction of sp³-hybridized carbons (Fsp3) is 0.292. The van der Waals surface area contributed by atoms with Crippen LogP contribution in [0.15, 0.2) is 58.4 Å². The minimum Gasteiger partial charge on any atom is -0.302 e. The zero-order chi connectivity index (χ0) is 24.6. The van der Waals surface area contributed by atoms with Gasteiger partial charge in [0.2, 0.25) is 5.91 Å². The summed E-state index contributed by atoms with van der Waals surface area (Å²) in [4.78, 5) is 22.0. The minimum absolute atomic E-state index is 0.157. The lowest BCUT2D eigenvalue weighted by molar-refractivity contribution is -0.114.